The second-order valence-electron chi connectivity index (χ2n) is 4.76. The number of thiocarbonyl (C=S) groups is 1. The Balaban J connectivity index is 2.32. The van der Waals surface area contributed by atoms with Crippen LogP contribution in [0.4, 0.5) is 14.5 Å². The molecule has 21 heavy (non-hydrogen) atoms. The fourth-order valence-corrected chi connectivity index (χ4v) is 2.42. The summed E-state index contributed by atoms with van der Waals surface area (Å²) < 4.78 is 33.0. The largest absolute Gasteiger partial charge is 0.389 e. The summed E-state index contributed by atoms with van der Waals surface area (Å²) in [5.74, 6) is -1.44. The third-order valence-corrected chi connectivity index (χ3v) is 3.46. The molecule has 3 N–H and O–H groups in total. The van der Waals surface area contributed by atoms with Crippen LogP contribution in [0.3, 0.4) is 0 Å². The number of hydrogen-bond donors (Lipinski definition) is 2. The van der Waals surface area contributed by atoms with Gasteiger partial charge in [-0.1, -0.05) is 17.4 Å². The van der Waals surface area contributed by atoms with Gasteiger partial charge in [-0.3, -0.25) is 0 Å². The van der Waals surface area contributed by atoms with E-state index in [9.17, 15) is 8.78 Å². The Morgan fingerprint density at radius 3 is 2.52 bits per heavy atom. The summed E-state index contributed by atoms with van der Waals surface area (Å²) >= 11 is 4.67. The van der Waals surface area contributed by atoms with Gasteiger partial charge in [0.2, 0.25) is 0 Å². The molecule has 2 rings (SSSR count). The molecule has 0 aliphatic heterocycles. The van der Waals surface area contributed by atoms with Crippen LogP contribution in [0.5, 0.6) is 0 Å². The van der Waals surface area contributed by atoms with E-state index >= 15 is 0 Å². The number of benzene rings is 1. The normalized spacial score (nSPS) is 12.2. The van der Waals surface area contributed by atoms with Gasteiger partial charge in [0.1, 0.15) is 10.7 Å². The van der Waals surface area contributed by atoms with Gasteiger partial charge in [-0.2, -0.15) is 0 Å². The highest BCUT2D eigenvalue weighted by molar-refractivity contribution is 7.80. The molecular weight excluding hydrogens is 296 g/mol. The molecule has 7 heteroatoms. The molecule has 1 atom stereocenters. The number of halogens is 2. The van der Waals surface area contributed by atoms with Crippen molar-refractivity contribution in [1.82, 2.24) is 5.16 Å². The van der Waals surface area contributed by atoms with Crippen molar-refractivity contribution < 1.29 is 13.3 Å². The Labute approximate surface area is 126 Å². The topological polar surface area (TPSA) is 64.1 Å². The molecule has 0 saturated carbocycles. The van der Waals surface area contributed by atoms with Crippen LogP contribution in [0.1, 0.15) is 35.5 Å². The number of aryl methyl sites for hydroxylation is 2. The van der Waals surface area contributed by atoms with Gasteiger partial charge < -0.3 is 15.6 Å². The van der Waals surface area contributed by atoms with E-state index < -0.39 is 11.6 Å². The highest BCUT2D eigenvalue weighted by atomic mass is 32.1. The molecule has 0 fully saturated rings. The summed E-state index contributed by atoms with van der Waals surface area (Å²) in [7, 11) is 0. The van der Waals surface area contributed by atoms with Crippen LogP contribution in [0.25, 0.3) is 0 Å². The van der Waals surface area contributed by atoms with Crippen molar-refractivity contribution in [2.45, 2.75) is 26.8 Å². The first-order valence-corrected chi connectivity index (χ1v) is 6.70. The van der Waals surface area contributed by atoms with Crippen LogP contribution in [-0.4, -0.2) is 10.1 Å². The molecule has 1 heterocycles. The number of anilines is 1. The first-order valence-electron chi connectivity index (χ1n) is 6.30. The fourth-order valence-electron chi connectivity index (χ4n) is 2.26. The van der Waals surface area contributed by atoms with E-state index in [1.807, 2.05) is 6.92 Å². The Hall–Kier alpha value is -2.02. The Morgan fingerprint density at radius 2 is 2.00 bits per heavy atom. The molecule has 0 spiro atoms. The minimum Gasteiger partial charge on any atom is -0.389 e. The summed E-state index contributed by atoms with van der Waals surface area (Å²) in [6.45, 7) is 5.36. The van der Waals surface area contributed by atoms with Crippen LogP contribution in [-0.2, 0) is 0 Å². The molecule has 0 bridgehead atoms. The second kappa shape index (κ2) is 5.77. The van der Waals surface area contributed by atoms with Gasteiger partial charge in [-0.25, -0.2) is 8.78 Å². The van der Waals surface area contributed by atoms with Crippen LogP contribution < -0.4 is 11.1 Å². The molecule has 0 radical (unpaired) electrons. The average molecular weight is 311 g/mol. The standard InChI is InChI=1S/C14H15F2N3OS/c1-6(11-7(2)19-20-8(11)3)18-10-5-4-9(14(17)21)12(15)13(10)16/h4-6,18H,1-3H3,(H2,17,21). The van der Waals surface area contributed by atoms with Gasteiger partial charge in [0.05, 0.1) is 17.4 Å². The molecule has 0 amide bonds. The summed E-state index contributed by atoms with van der Waals surface area (Å²) in [5.41, 5.74) is 6.77. The van der Waals surface area contributed by atoms with Crippen molar-refractivity contribution in [2.75, 3.05) is 5.32 Å². The lowest BCUT2D eigenvalue weighted by Crippen LogP contribution is -2.15. The van der Waals surface area contributed by atoms with Crippen LogP contribution >= 0.6 is 12.2 Å². The SMILES string of the molecule is Cc1noc(C)c1C(C)Nc1ccc(C(N)=S)c(F)c1F. The molecule has 2 aromatic rings. The van der Waals surface area contributed by atoms with Gasteiger partial charge in [0.15, 0.2) is 11.6 Å². The average Bonchev–Trinajstić information content (AvgIpc) is 2.74. The molecule has 1 aromatic heterocycles. The number of nitrogens with two attached hydrogens (primary N) is 1. The molecule has 0 saturated heterocycles. The van der Waals surface area contributed by atoms with Crippen molar-refractivity contribution in [2.24, 2.45) is 5.73 Å². The third kappa shape index (κ3) is 2.87. The van der Waals surface area contributed by atoms with E-state index in [1.165, 1.54) is 12.1 Å². The van der Waals surface area contributed by atoms with Crippen molar-refractivity contribution in [3.05, 3.63) is 46.3 Å². The van der Waals surface area contributed by atoms with Crippen LogP contribution in [0.2, 0.25) is 0 Å². The zero-order chi connectivity index (χ0) is 15.7. The predicted molar refractivity (Wildman–Crippen MR) is 80.3 cm³/mol. The number of hydrogen-bond acceptors (Lipinski definition) is 4. The highest BCUT2D eigenvalue weighted by Crippen LogP contribution is 2.28. The van der Waals surface area contributed by atoms with E-state index in [0.29, 0.717) is 11.5 Å². The Morgan fingerprint density at radius 1 is 1.33 bits per heavy atom. The van der Waals surface area contributed by atoms with E-state index in [4.69, 9.17) is 10.3 Å². The predicted octanol–water partition coefficient (Wildman–Crippen LogP) is 3.38. The van der Waals surface area contributed by atoms with Crippen molar-refractivity contribution in [1.29, 1.82) is 0 Å². The maximum Gasteiger partial charge on any atom is 0.182 e. The summed E-state index contributed by atoms with van der Waals surface area (Å²) in [6.07, 6.45) is 0. The molecule has 0 aliphatic rings. The van der Waals surface area contributed by atoms with E-state index in [0.717, 1.165) is 5.56 Å². The van der Waals surface area contributed by atoms with Crippen molar-refractivity contribution in [3.8, 4) is 0 Å². The second-order valence-corrected chi connectivity index (χ2v) is 5.20. The van der Waals surface area contributed by atoms with Crippen LogP contribution in [0, 0.1) is 25.5 Å². The highest BCUT2D eigenvalue weighted by Gasteiger charge is 2.20. The number of nitrogens with one attached hydrogen (secondary N) is 1. The number of nitrogens with zero attached hydrogens (tertiary/aromatic N) is 1. The molecule has 1 aromatic carbocycles. The Bertz CT molecular complexity index is 680. The number of aromatic nitrogens is 1. The van der Waals surface area contributed by atoms with Crippen molar-refractivity contribution in [3.63, 3.8) is 0 Å². The van der Waals surface area contributed by atoms with E-state index in [1.54, 1.807) is 13.8 Å². The van der Waals surface area contributed by atoms with Crippen LogP contribution in [0.15, 0.2) is 16.7 Å². The van der Waals surface area contributed by atoms with Gasteiger partial charge in [0, 0.05) is 11.1 Å². The quantitative estimate of drug-likeness (QED) is 0.848. The maximum absolute atomic E-state index is 14.0. The fraction of sp³-hybridized carbons (Fsp3) is 0.286. The number of rotatable bonds is 4. The lowest BCUT2D eigenvalue weighted by molar-refractivity contribution is 0.392. The van der Waals surface area contributed by atoms with Crippen molar-refractivity contribution >= 4 is 22.9 Å². The molecule has 4 nitrogen and oxygen atoms in total. The third-order valence-electron chi connectivity index (χ3n) is 3.24. The maximum atomic E-state index is 14.0. The molecule has 1 unspecified atom stereocenters. The molecule has 112 valence electrons. The Kier molecular flexibility index (Phi) is 4.22. The zero-order valence-corrected chi connectivity index (χ0v) is 12.6. The van der Waals surface area contributed by atoms with E-state index in [2.05, 4.69) is 22.7 Å². The minimum atomic E-state index is -1.06. The smallest absolute Gasteiger partial charge is 0.182 e. The first-order chi connectivity index (χ1) is 9.82. The summed E-state index contributed by atoms with van der Waals surface area (Å²) in [6, 6.07) is 2.46. The van der Waals surface area contributed by atoms with Gasteiger partial charge in [-0.15, -0.1) is 0 Å². The van der Waals surface area contributed by atoms with Gasteiger partial charge >= 0.3 is 0 Å². The summed E-state index contributed by atoms with van der Waals surface area (Å²) in [4.78, 5) is -0.184. The summed E-state index contributed by atoms with van der Waals surface area (Å²) in [5, 5.41) is 6.74. The first kappa shape index (κ1) is 15.4. The van der Waals surface area contributed by atoms with E-state index in [-0.39, 0.29) is 22.3 Å². The molecular formula is C14H15F2N3OS. The lowest BCUT2D eigenvalue weighted by Gasteiger charge is -2.16. The van der Waals surface area contributed by atoms with Gasteiger partial charge in [0.25, 0.3) is 0 Å². The minimum absolute atomic E-state index is 0.0278. The zero-order valence-electron chi connectivity index (χ0n) is 11.8. The monoisotopic (exact) mass is 311 g/mol. The van der Waals surface area contributed by atoms with Gasteiger partial charge in [-0.05, 0) is 32.9 Å². The lowest BCUT2D eigenvalue weighted by atomic mass is 10.1. The molecule has 0 aliphatic carbocycles.